The third kappa shape index (κ3) is 6.28. The number of ether oxygens (including phenoxy) is 4. The van der Waals surface area contributed by atoms with Crippen molar-refractivity contribution in [3.05, 3.63) is 124 Å². The van der Waals surface area contributed by atoms with Crippen molar-refractivity contribution in [2.24, 2.45) is 4.99 Å². The van der Waals surface area contributed by atoms with Crippen molar-refractivity contribution in [2.75, 3.05) is 11.9 Å². The molecule has 0 amide bonds. The topological polar surface area (TPSA) is 61.3 Å². The van der Waals surface area contributed by atoms with E-state index in [0.29, 0.717) is 26.4 Å². The summed E-state index contributed by atoms with van der Waals surface area (Å²) >= 11 is 6.31. The van der Waals surface area contributed by atoms with Crippen LogP contribution in [0.15, 0.2) is 101 Å². The van der Waals surface area contributed by atoms with E-state index < -0.39 is 17.8 Å². The Kier molecular flexibility index (Phi) is 8.86. The van der Waals surface area contributed by atoms with Crippen LogP contribution in [-0.4, -0.2) is 30.8 Å². The van der Waals surface area contributed by atoms with Gasteiger partial charge in [0.15, 0.2) is 0 Å². The van der Waals surface area contributed by atoms with Crippen molar-refractivity contribution >= 4 is 36.0 Å². The van der Waals surface area contributed by atoms with Gasteiger partial charge >= 0.3 is 0 Å². The molecule has 0 radical (unpaired) electrons. The molecule has 3 heterocycles. The number of benzene rings is 3. The van der Waals surface area contributed by atoms with E-state index >= 15 is 0 Å². The SMILES string of the molecule is CC1(OCc2ccccc2)C(c2scc3c2NC=NC3S)OC(COCc2ccccc2)C1OCc1ccccc1. The number of aliphatic imine (C=N–C) groups is 1. The fraction of sp³-hybridized carbons (Fsp3) is 0.303. The zero-order valence-electron chi connectivity index (χ0n) is 22.9. The lowest BCUT2D eigenvalue weighted by molar-refractivity contribution is -0.147. The molecule has 1 saturated heterocycles. The van der Waals surface area contributed by atoms with Crippen LogP contribution in [0.1, 0.15) is 45.5 Å². The Bertz CT molecular complexity index is 1430. The Morgan fingerprint density at radius 3 is 2.15 bits per heavy atom. The lowest BCUT2D eigenvalue weighted by Gasteiger charge is -2.35. The van der Waals surface area contributed by atoms with Gasteiger partial charge in [0, 0.05) is 5.56 Å². The summed E-state index contributed by atoms with van der Waals surface area (Å²) < 4.78 is 26.7. The average Bonchev–Trinajstić information content (AvgIpc) is 3.56. The molecular formula is C33H34N2O4S2. The van der Waals surface area contributed by atoms with Crippen LogP contribution in [-0.2, 0) is 38.8 Å². The Labute approximate surface area is 250 Å². The summed E-state index contributed by atoms with van der Waals surface area (Å²) in [5, 5.41) is 5.23. The summed E-state index contributed by atoms with van der Waals surface area (Å²) in [6.45, 7) is 3.83. The van der Waals surface area contributed by atoms with Crippen LogP contribution in [0.4, 0.5) is 5.69 Å². The Balaban J connectivity index is 1.32. The van der Waals surface area contributed by atoms with Crippen molar-refractivity contribution < 1.29 is 18.9 Å². The van der Waals surface area contributed by atoms with Crippen LogP contribution in [0.3, 0.4) is 0 Å². The van der Waals surface area contributed by atoms with Crippen molar-refractivity contribution in [1.29, 1.82) is 0 Å². The number of thiophene rings is 1. The standard InChI is InChI=1S/C33H34N2O4S2/c1-33(38-19-25-15-9-4-10-16-25)30(37-18-24-13-7-3-8-14-24)27(20-36-17-23-11-5-2-6-12-23)39-31(33)29-28-26(21-41-29)32(40)35-22-34-28/h2-16,21-22,27,30-32,40H,17-20H2,1H3,(H,34,35). The quantitative estimate of drug-likeness (QED) is 0.180. The van der Waals surface area contributed by atoms with Gasteiger partial charge in [0.25, 0.3) is 0 Å². The molecule has 41 heavy (non-hydrogen) atoms. The first-order valence-corrected chi connectivity index (χ1v) is 15.2. The second kappa shape index (κ2) is 12.9. The monoisotopic (exact) mass is 586 g/mol. The summed E-state index contributed by atoms with van der Waals surface area (Å²) in [5.74, 6) is 0. The van der Waals surface area contributed by atoms with Crippen LogP contribution >= 0.6 is 24.0 Å². The summed E-state index contributed by atoms with van der Waals surface area (Å²) in [6, 6.07) is 30.6. The molecule has 3 aromatic carbocycles. The van der Waals surface area contributed by atoms with Crippen LogP contribution in [0, 0.1) is 0 Å². The number of nitrogens with one attached hydrogen (secondary N) is 1. The molecule has 0 bridgehead atoms. The highest BCUT2D eigenvalue weighted by molar-refractivity contribution is 7.80. The number of hydrogen-bond acceptors (Lipinski definition) is 8. The van der Waals surface area contributed by atoms with Crippen LogP contribution in [0.25, 0.3) is 0 Å². The molecule has 1 N–H and O–H groups in total. The Morgan fingerprint density at radius 1 is 0.878 bits per heavy atom. The van der Waals surface area contributed by atoms with Gasteiger partial charge in [-0.25, -0.2) is 0 Å². The van der Waals surface area contributed by atoms with E-state index in [0.717, 1.165) is 32.8 Å². The lowest BCUT2D eigenvalue weighted by atomic mass is 9.90. The molecule has 1 fully saturated rings. The van der Waals surface area contributed by atoms with Crippen molar-refractivity contribution in [3.8, 4) is 0 Å². The van der Waals surface area contributed by atoms with Gasteiger partial charge in [-0.3, -0.25) is 4.99 Å². The first-order valence-electron chi connectivity index (χ1n) is 13.8. The number of rotatable bonds is 11. The summed E-state index contributed by atoms with van der Waals surface area (Å²) in [4.78, 5) is 5.45. The molecule has 8 heteroatoms. The molecule has 0 saturated carbocycles. The highest BCUT2D eigenvalue weighted by Crippen LogP contribution is 2.52. The molecular weight excluding hydrogens is 553 g/mol. The minimum absolute atomic E-state index is 0.218. The third-order valence-corrected chi connectivity index (χ3v) is 9.04. The van der Waals surface area contributed by atoms with Crippen molar-refractivity contribution in [3.63, 3.8) is 0 Å². The maximum absolute atomic E-state index is 6.88. The zero-order valence-corrected chi connectivity index (χ0v) is 24.6. The van der Waals surface area contributed by atoms with E-state index in [1.165, 1.54) is 0 Å². The highest BCUT2D eigenvalue weighted by Gasteiger charge is 2.57. The summed E-state index contributed by atoms with van der Waals surface area (Å²) in [7, 11) is 0. The Hall–Kier alpha value is -2.98. The number of anilines is 1. The van der Waals surface area contributed by atoms with Gasteiger partial charge in [-0.1, -0.05) is 91.0 Å². The van der Waals surface area contributed by atoms with E-state index in [1.54, 1.807) is 17.7 Å². The molecule has 6 nitrogen and oxygen atoms in total. The van der Waals surface area contributed by atoms with Gasteiger partial charge in [-0.2, -0.15) is 0 Å². The van der Waals surface area contributed by atoms with Gasteiger partial charge in [-0.05, 0) is 29.0 Å². The average molecular weight is 587 g/mol. The van der Waals surface area contributed by atoms with Gasteiger partial charge in [0.1, 0.15) is 29.3 Å². The second-order valence-electron chi connectivity index (χ2n) is 10.5. The molecule has 6 rings (SSSR count). The second-order valence-corrected chi connectivity index (χ2v) is 11.9. The maximum Gasteiger partial charge on any atom is 0.126 e. The van der Waals surface area contributed by atoms with Crippen molar-refractivity contribution in [2.45, 2.75) is 56.0 Å². The molecule has 2 aliphatic heterocycles. The fourth-order valence-electron chi connectivity index (χ4n) is 5.40. The fourth-order valence-corrected chi connectivity index (χ4v) is 6.98. The molecule has 0 aliphatic carbocycles. The third-order valence-electron chi connectivity index (χ3n) is 7.58. The number of fused-ring (bicyclic) bond motifs is 1. The van der Waals surface area contributed by atoms with E-state index in [-0.39, 0.29) is 11.5 Å². The van der Waals surface area contributed by atoms with Crippen LogP contribution in [0.2, 0.25) is 0 Å². The molecule has 1 aromatic heterocycles. The normalized spacial score (nSPS) is 25.1. The van der Waals surface area contributed by atoms with E-state index in [9.17, 15) is 0 Å². The van der Waals surface area contributed by atoms with E-state index in [1.807, 2.05) is 54.6 Å². The molecule has 4 aromatic rings. The lowest BCUT2D eigenvalue weighted by Crippen LogP contribution is -2.47. The maximum atomic E-state index is 6.88. The number of nitrogens with zero attached hydrogens (tertiary/aromatic N) is 1. The predicted octanol–water partition coefficient (Wildman–Crippen LogP) is 7.35. The van der Waals surface area contributed by atoms with Crippen LogP contribution in [0.5, 0.6) is 0 Å². The van der Waals surface area contributed by atoms with Gasteiger partial charge < -0.3 is 24.3 Å². The number of thiol groups is 1. The first-order chi connectivity index (χ1) is 20.1. The molecule has 5 atom stereocenters. The smallest absolute Gasteiger partial charge is 0.126 e. The van der Waals surface area contributed by atoms with E-state index in [2.05, 4.69) is 71.6 Å². The first kappa shape index (κ1) is 28.2. The summed E-state index contributed by atoms with van der Waals surface area (Å²) in [5.41, 5.74) is 4.50. The summed E-state index contributed by atoms with van der Waals surface area (Å²) in [6.07, 6.45) is 0.562. The zero-order chi connectivity index (χ0) is 28.1. The molecule has 2 aliphatic rings. The van der Waals surface area contributed by atoms with Crippen molar-refractivity contribution in [1.82, 2.24) is 0 Å². The molecule has 212 valence electrons. The van der Waals surface area contributed by atoms with Gasteiger partial charge in [-0.15, -0.1) is 24.0 Å². The van der Waals surface area contributed by atoms with Gasteiger partial charge in [0.05, 0.1) is 43.3 Å². The minimum atomic E-state index is -0.813. The largest absolute Gasteiger partial charge is 0.374 e. The highest BCUT2D eigenvalue weighted by atomic mass is 32.1. The van der Waals surface area contributed by atoms with E-state index in [4.69, 9.17) is 18.9 Å². The minimum Gasteiger partial charge on any atom is -0.374 e. The molecule has 0 spiro atoms. The molecule has 5 unspecified atom stereocenters. The van der Waals surface area contributed by atoms with Gasteiger partial charge in [0.2, 0.25) is 0 Å². The van der Waals surface area contributed by atoms with Crippen LogP contribution < -0.4 is 5.32 Å². The predicted molar refractivity (Wildman–Crippen MR) is 167 cm³/mol. The number of hydrogen-bond donors (Lipinski definition) is 2. The Morgan fingerprint density at radius 2 is 1.49 bits per heavy atom.